The van der Waals surface area contributed by atoms with E-state index in [0.29, 0.717) is 28.2 Å². The monoisotopic (exact) mass is 566 g/mol. The molecule has 1 aliphatic carbocycles. The zero-order valence-electron chi connectivity index (χ0n) is 21.6. The number of hydrogen-bond acceptors (Lipinski definition) is 8. The molecule has 0 saturated carbocycles. The maximum atomic E-state index is 13.1. The molecule has 198 valence electrons. The standard InChI is InChI=1S/C28H30N4O3S3/c1-17(2)35-27(34)24-20-12-11-18(3)14-22(20)38-26(24)29-23(33)16-37-28-31-30-25(21-10-7-13-36-21)32(28)15-19-8-5-4-6-9-19/h4-10,13,17-18H,11-12,14-16H2,1-3H3,(H,29,33). The smallest absolute Gasteiger partial charge is 0.341 e. The van der Waals surface area contributed by atoms with Gasteiger partial charge in [-0.15, -0.1) is 32.9 Å². The Morgan fingerprint density at radius 1 is 1.18 bits per heavy atom. The first-order chi connectivity index (χ1) is 18.4. The van der Waals surface area contributed by atoms with Gasteiger partial charge in [0.25, 0.3) is 0 Å². The largest absolute Gasteiger partial charge is 0.459 e. The molecule has 10 heteroatoms. The van der Waals surface area contributed by atoms with Gasteiger partial charge in [-0.2, -0.15) is 0 Å². The fraction of sp³-hybridized carbons (Fsp3) is 0.357. The van der Waals surface area contributed by atoms with E-state index in [-0.39, 0.29) is 23.7 Å². The van der Waals surface area contributed by atoms with Crippen LogP contribution in [0, 0.1) is 5.92 Å². The summed E-state index contributed by atoms with van der Waals surface area (Å²) in [6, 6.07) is 14.2. The Balaban J connectivity index is 1.35. The number of esters is 1. The predicted molar refractivity (Wildman–Crippen MR) is 154 cm³/mol. The van der Waals surface area contributed by atoms with Gasteiger partial charge in [-0.3, -0.25) is 9.36 Å². The van der Waals surface area contributed by atoms with Gasteiger partial charge in [0.1, 0.15) is 5.00 Å². The van der Waals surface area contributed by atoms with Gasteiger partial charge in [-0.05, 0) is 61.6 Å². The number of ether oxygens (including phenoxy) is 1. The van der Waals surface area contributed by atoms with E-state index >= 15 is 0 Å². The van der Waals surface area contributed by atoms with Crippen LogP contribution in [0.1, 0.15) is 53.6 Å². The Bertz CT molecular complexity index is 1410. The average molecular weight is 567 g/mol. The quantitative estimate of drug-likeness (QED) is 0.183. The van der Waals surface area contributed by atoms with Gasteiger partial charge < -0.3 is 10.1 Å². The van der Waals surface area contributed by atoms with E-state index in [1.54, 1.807) is 11.3 Å². The van der Waals surface area contributed by atoms with Crippen LogP contribution < -0.4 is 5.32 Å². The molecule has 0 radical (unpaired) electrons. The molecule has 3 heterocycles. The van der Waals surface area contributed by atoms with E-state index in [2.05, 4.69) is 39.1 Å². The highest BCUT2D eigenvalue weighted by Gasteiger charge is 2.30. The zero-order valence-corrected chi connectivity index (χ0v) is 24.0. The molecular weight excluding hydrogens is 537 g/mol. The normalized spacial score (nSPS) is 14.9. The fourth-order valence-corrected chi connectivity index (χ4v) is 7.38. The van der Waals surface area contributed by atoms with Crippen molar-refractivity contribution in [3.8, 4) is 10.7 Å². The minimum Gasteiger partial charge on any atom is -0.459 e. The molecule has 1 N–H and O–H groups in total. The lowest BCUT2D eigenvalue weighted by Gasteiger charge is -2.18. The molecule has 7 nitrogen and oxygen atoms in total. The highest BCUT2D eigenvalue weighted by Crippen LogP contribution is 2.40. The number of carbonyl (C=O) groups excluding carboxylic acids is 2. The third-order valence-corrected chi connectivity index (χ3v) is 9.29. The van der Waals surface area contributed by atoms with Gasteiger partial charge in [-0.25, -0.2) is 4.79 Å². The second-order valence-corrected chi connectivity index (χ2v) is 12.7. The van der Waals surface area contributed by atoms with Crippen molar-refractivity contribution >= 4 is 51.3 Å². The summed E-state index contributed by atoms with van der Waals surface area (Å²) in [6.45, 7) is 6.50. The number of amides is 1. The van der Waals surface area contributed by atoms with Crippen molar-refractivity contribution in [2.24, 2.45) is 5.92 Å². The number of fused-ring (bicyclic) bond motifs is 1. The highest BCUT2D eigenvalue weighted by atomic mass is 32.2. The van der Waals surface area contributed by atoms with Crippen LogP contribution in [0.2, 0.25) is 0 Å². The second-order valence-electron chi connectivity index (χ2n) is 9.70. The Morgan fingerprint density at radius 3 is 2.74 bits per heavy atom. The fourth-order valence-electron chi connectivity index (χ4n) is 4.51. The van der Waals surface area contributed by atoms with E-state index in [0.717, 1.165) is 41.1 Å². The molecule has 1 atom stereocenters. The van der Waals surface area contributed by atoms with Crippen molar-refractivity contribution in [2.45, 2.75) is 57.8 Å². The third kappa shape index (κ3) is 6.03. The topological polar surface area (TPSA) is 86.1 Å². The number of nitrogens with zero attached hydrogens (tertiary/aromatic N) is 3. The summed E-state index contributed by atoms with van der Waals surface area (Å²) in [5.74, 6) is 0.938. The summed E-state index contributed by atoms with van der Waals surface area (Å²) in [7, 11) is 0. The van der Waals surface area contributed by atoms with E-state index in [9.17, 15) is 9.59 Å². The summed E-state index contributed by atoms with van der Waals surface area (Å²) in [6.07, 6.45) is 2.54. The molecule has 5 rings (SSSR count). The molecule has 0 saturated heterocycles. The molecule has 1 aliphatic rings. The SMILES string of the molecule is CC1CCc2c(sc(NC(=O)CSc3nnc(-c4cccs4)n3Cc3ccccc3)c2C(=O)OC(C)C)C1. The van der Waals surface area contributed by atoms with Crippen LogP contribution in [0.3, 0.4) is 0 Å². The number of anilines is 1. The predicted octanol–water partition coefficient (Wildman–Crippen LogP) is 6.54. The first-order valence-corrected chi connectivity index (χ1v) is 15.4. The minimum absolute atomic E-state index is 0.148. The Hall–Kier alpha value is -2.95. The van der Waals surface area contributed by atoms with Gasteiger partial charge in [0.15, 0.2) is 11.0 Å². The van der Waals surface area contributed by atoms with Crippen LogP contribution in [0.25, 0.3) is 10.7 Å². The lowest BCUT2D eigenvalue weighted by atomic mass is 9.88. The van der Waals surface area contributed by atoms with Crippen LogP contribution in [0.5, 0.6) is 0 Å². The third-order valence-electron chi connectivity index (χ3n) is 6.29. The van der Waals surface area contributed by atoms with E-state index in [4.69, 9.17) is 4.74 Å². The summed E-state index contributed by atoms with van der Waals surface area (Å²) in [5.41, 5.74) is 2.68. The maximum Gasteiger partial charge on any atom is 0.341 e. The lowest BCUT2D eigenvalue weighted by molar-refractivity contribution is -0.113. The van der Waals surface area contributed by atoms with Crippen molar-refractivity contribution in [2.75, 3.05) is 11.1 Å². The van der Waals surface area contributed by atoms with Crippen LogP contribution in [0.4, 0.5) is 5.00 Å². The van der Waals surface area contributed by atoms with Crippen molar-refractivity contribution < 1.29 is 14.3 Å². The maximum absolute atomic E-state index is 13.1. The number of hydrogen-bond donors (Lipinski definition) is 1. The van der Waals surface area contributed by atoms with Crippen LogP contribution in [-0.4, -0.2) is 38.5 Å². The average Bonchev–Trinajstić information content (AvgIpc) is 3.61. The molecule has 1 unspecified atom stereocenters. The number of carbonyl (C=O) groups is 2. The molecule has 1 aromatic carbocycles. The lowest BCUT2D eigenvalue weighted by Crippen LogP contribution is -2.19. The number of rotatable bonds is 9. The van der Waals surface area contributed by atoms with Gasteiger partial charge in [-0.1, -0.05) is 55.1 Å². The first kappa shape index (κ1) is 26.6. The zero-order chi connectivity index (χ0) is 26.6. The summed E-state index contributed by atoms with van der Waals surface area (Å²) >= 11 is 4.45. The molecule has 0 bridgehead atoms. The van der Waals surface area contributed by atoms with Gasteiger partial charge in [0.2, 0.25) is 5.91 Å². The molecule has 38 heavy (non-hydrogen) atoms. The van der Waals surface area contributed by atoms with Crippen LogP contribution >= 0.6 is 34.4 Å². The van der Waals surface area contributed by atoms with E-state index in [1.807, 2.05) is 49.6 Å². The number of thioether (sulfide) groups is 1. The summed E-state index contributed by atoms with van der Waals surface area (Å²) in [5, 5.41) is 15.2. The van der Waals surface area contributed by atoms with Crippen LogP contribution in [-0.2, 0) is 28.9 Å². The Labute approximate surface area is 234 Å². The second kappa shape index (κ2) is 11.8. The molecule has 1 amide bonds. The van der Waals surface area contributed by atoms with Gasteiger partial charge in [0.05, 0.1) is 28.8 Å². The Kier molecular flexibility index (Phi) is 8.30. The van der Waals surface area contributed by atoms with Crippen molar-refractivity contribution in [3.05, 3.63) is 69.4 Å². The molecule has 0 fully saturated rings. The number of thiophene rings is 2. The van der Waals surface area contributed by atoms with Crippen molar-refractivity contribution in [3.63, 3.8) is 0 Å². The highest BCUT2D eigenvalue weighted by molar-refractivity contribution is 7.99. The van der Waals surface area contributed by atoms with Gasteiger partial charge in [0, 0.05) is 4.88 Å². The van der Waals surface area contributed by atoms with Crippen LogP contribution in [0.15, 0.2) is 53.0 Å². The number of aromatic nitrogens is 3. The first-order valence-electron chi connectivity index (χ1n) is 12.7. The molecule has 4 aromatic rings. The Morgan fingerprint density at radius 2 is 2.00 bits per heavy atom. The molecular formula is C28H30N4O3S3. The summed E-state index contributed by atoms with van der Waals surface area (Å²) < 4.78 is 7.59. The molecule has 3 aromatic heterocycles. The van der Waals surface area contributed by atoms with Gasteiger partial charge >= 0.3 is 5.97 Å². The van der Waals surface area contributed by atoms with E-state index in [1.165, 1.54) is 28.0 Å². The summed E-state index contributed by atoms with van der Waals surface area (Å²) in [4.78, 5) is 28.3. The van der Waals surface area contributed by atoms with Crippen molar-refractivity contribution in [1.82, 2.24) is 14.8 Å². The number of benzene rings is 1. The van der Waals surface area contributed by atoms with E-state index < -0.39 is 0 Å². The number of nitrogens with one attached hydrogen (secondary N) is 1. The molecule has 0 spiro atoms. The minimum atomic E-state index is -0.363. The molecule has 0 aliphatic heterocycles. The van der Waals surface area contributed by atoms with Crippen molar-refractivity contribution in [1.29, 1.82) is 0 Å².